The summed E-state index contributed by atoms with van der Waals surface area (Å²) in [7, 11) is 0. The normalized spacial score (nSPS) is 10.3. The van der Waals surface area contributed by atoms with Gasteiger partial charge in [-0.1, -0.05) is 22.0 Å². The number of nitrogens with one attached hydrogen (secondary N) is 3. The summed E-state index contributed by atoms with van der Waals surface area (Å²) in [6, 6.07) is 9.04. The van der Waals surface area contributed by atoms with Gasteiger partial charge in [-0.2, -0.15) is 0 Å². The highest BCUT2D eigenvalue weighted by atomic mass is 79.9. The minimum Gasteiger partial charge on any atom is -0.357 e. The van der Waals surface area contributed by atoms with Gasteiger partial charge in [-0.15, -0.1) is 0 Å². The maximum atomic E-state index is 12.0. The first-order valence-corrected chi connectivity index (χ1v) is 9.99. The van der Waals surface area contributed by atoms with E-state index in [2.05, 4.69) is 55.6 Å². The van der Waals surface area contributed by atoms with Gasteiger partial charge in [0.1, 0.15) is 5.82 Å². The maximum Gasteiger partial charge on any atom is 0.315 e. The third kappa shape index (κ3) is 6.53. The molecule has 1 aromatic heterocycles. The number of hydrogen-bond acceptors (Lipinski definition) is 4. The van der Waals surface area contributed by atoms with Crippen LogP contribution in [-0.2, 0) is 11.3 Å². The van der Waals surface area contributed by atoms with E-state index in [1.165, 1.54) is 0 Å². The van der Waals surface area contributed by atoms with Crippen LogP contribution in [0.1, 0.15) is 25.0 Å². The molecule has 8 heteroatoms. The number of carbonyl (C=O) groups is 2. The van der Waals surface area contributed by atoms with Gasteiger partial charge in [0, 0.05) is 36.0 Å². The van der Waals surface area contributed by atoms with Crippen LogP contribution in [0.2, 0.25) is 0 Å². The van der Waals surface area contributed by atoms with Crippen molar-refractivity contribution in [3.05, 3.63) is 52.1 Å². The monoisotopic (exact) mass is 447 g/mol. The number of anilines is 2. The zero-order chi connectivity index (χ0) is 20.5. The predicted molar refractivity (Wildman–Crippen MR) is 116 cm³/mol. The summed E-state index contributed by atoms with van der Waals surface area (Å²) in [6.07, 6.45) is 1.75. The smallest absolute Gasteiger partial charge is 0.315 e. The molecule has 150 valence electrons. The van der Waals surface area contributed by atoms with Crippen molar-refractivity contribution in [1.29, 1.82) is 0 Å². The Morgan fingerprint density at radius 2 is 1.86 bits per heavy atom. The Kier molecular flexibility index (Phi) is 8.25. The Balaban J connectivity index is 1.75. The molecule has 1 heterocycles. The summed E-state index contributed by atoms with van der Waals surface area (Å²) in [5, 5.41) is 8.05. The molecule has 0 saturated carbocycles. The Bertz CT molecular complexity index is 807. The molecule has 0 aliphatic heterocycles. The lowest BCUT2D eigenvalue weighted by molar-refractivity contribution is -0.115. The number of aryl methyl sites for hydroxylation is 1. The third-order valence-electron chi connectivity index (χ3n) is 4.22. The Hall–Kier alpha value is -2.61. The highest BCUT2D eigenvalue weighted by Gasteiger charge is 2.08. The van der Waals surface area contributed by atoms with Gasteiger partial charge in [0.15, 0.2) is 0 Å². The minimum absolute atomic E-state index is 0.111. The molecule has 0 aliphatic carbocycles. The summed E-state index contributed by atoms with van der Waals surface area (Å²) in [5.74, 6) is 0.629. The zero-order valence-corrected chi connectivity index (χ0v) is 18.0. The second-order valence-corrected chi connectivity index (χ2v) is 7.16. The second-order valence-electron chi connectivity index (χ2n) is 6.24. The number of carbonyl (C=O) groups excluding carboxylic acids is 2. The molecule has 7 nitrogen and oxygen atoms in total. The first kappa shape index (κ1) is 21.7. The van der Waals surface area contributed by atoms with Crippen LogP contribution in [0.3, 0.4) is 0 Å². The van der Waals surface area contributed by atoms with Gasteiger partial charge in [0.2, 0.25) is 5.91 Å². The van der Waals surface area contributed by atoms with Crippen molar-refractivity contribution < 1.29 is 9.59 Å². The van der Waals surface area contributed by atoms with E-state index in [1.807, 2.05) is 37.3 Å². The average molecular weight is 448 g/mol. The van der Waals surface area contributed by atoms with Crippen LogP contribution in [0, 0.1) is 6.92 Å². The van der Waals surface area contributed by atoms with Gasteiger partial charge in [-0.3, -0.25) is 4.79 Å². The fourth-order valence-electron chi connectivity index (χ4n) is 2.62. The first-order valence-electron chi connectivity index (χ1n) is 9.20. The van der Waals surface area contributed by atoms with Crippen molar-refractivity contribution in [2.24, 2.45) is 0 Å². The Labute approximate surface area is 174 Å². The van der Waals surface area contributed by atoms with Crippen LogP contribution in [0.25, 0.3) is 0 Å². The number of nitrogens with zero attached hydrogens (tertiary/aromatic N) is 2. The van der Waals surface area contributed by atoms with E-state index in [9.17, 15) is 9.59 Å². The standard InChI is InChI=1S/C20H26BrN5O2/c1-4-26(5-2)18-9-6-15(11-22-18)12-23-20(28)24-13-19(27)25-17-8-7-16(21)10-14(17)3/h6-11H,4-5,12-13H2,1-3H3,(H,25,27)(H2,23,24,28). The molecule has 0 saturated heterocycles. The number of aromatic nitrogens is 1. The summed E-state index contributed by atoms with van der Waals surface area (Å²) < 4.78 is 0.945. The summed E-state index contributed by atoms with van der Waals surface area (Å²) in [6.45, 7) is 8.08. The quantitative estimate of drug-likeness (QED) is 0.578. The molecule has 0 fully saturated rings. The highest BCUT2D eigenvalue weighted by molar-refractivity contribution is 9.10. The van der Waals surface area contributed by atoms with Crippen LogP contribution >= 0.6 is 15.9 Å². The summed E-state index contributed by atoms with van der Waals surface area (Å²) in [4.78, 5) is 30.5. The number of pyridine rings is 1. The number of halogens is 1. The van der Waals surface area contributed by atoms with Gasteiger partial charge in [-0.25, -0.2) is 9.78 Å². The lowest BCUT2D eigenvalue weighted by Crippen LogP contribution is -2.39. The van der Waals surface area contributed by atoms with Crippen LogP contribution in [0.4, 0.5) is 16.3 Å². The van der Waals surface area contributed by atoms with Crippen LogP contribution in [0.15, 0.2) is 41.0 Å². The molecule has 0 unspecified atom stereocenters. The lowest BCUT2D eigenvalue weighted by atomic mass is 10.2. The Morgan fingerprint density at radius 1 is 1.11 bits per heavy atom. The van der Waals surface area contributed by atoms with Crippen LogP contribution in [0.5, 0.6) is 0 Å². The molecule has 3 amide bonds. The molecule has 0 bridgehead atoms. The first-order chi connectivity index (χ1) is 13.4. The molecule has 0 spiro atoms. The van der Waals surface area contributed by atoms with E-state index in [-0.39, 0.29) is 12.5 Å². The molecule has 2 rings (SSSR count). The van der Waals surface area contributed by atoms with E-state index in [0.717, 1.165) is 40.2 Å². The van der Waals surface area contributed by atoms with Crippen LogP contribution < -0.4 is 20.9 Å². The minimum atomic E-state index is -0.407. The number of benzene rings is 1. The van der Waals surface area contributed by atoms with Gasteiger partial charge < -0.3 is 20.9 Å². The molecule has 2 aromatic rings. The van der Waals surface area contributed by atoms with Crippen molar-refractivity contribution in [3.8, 4) is 0 Å². The van der Waals surface area contributed by atoms with E-state index in [4.69, 9.17) is 0 Å². The van der Waals surface area contributed by atoms with Crippen LogP contribution in [-0.4, -0.2) is 36.6 Å². The molecular formula is C20H26BrN5O2. The van der Waals surface area contributed by atoms with Crippen molar-refractivity contribution in [1.82, 2.24) is 15.6 Å². The van der Waals surface area contributed by atoms with Crippen molar-refractivity contribution in [2.45, 2.75) is 27.3 Å². The van der Waals surface area contributed by atoms with Gasteiger partial charge in [-0.05, 0) is 56.2 Å². The highest BCUT2D eigenvalue weighted by Crippen LogP contribution is 2.19. The summed E-state index contributed by atoms with van der Waals surface area (Å²) >= 11 is 3.38. The van der Waals surface area contributed by atoms with Gasteiger partial charge >= 0.3 is 6.03 Å². The van der Waals surface area contributed by atoms with Gasteiger partial charge in [0.25, 0.3) is 0 Å². The number of urea groups is 1. The largest absolute Gasteiger partial charge is 0.357 e. The van der Waals surface area contributed by atoms with E-state index >= 15 is 0 Å². The fraction of sp³-hybridized carbons (Fsp3) is 0.350. The van der Waals surface area contributed by atoms with Crippen molar-refractivity contribution in [3.63, 3.8) is 0 Å². The molecule has 28 heavy (non-hydrogen) atoms. The number of amides is 3. The molecule has 0 atom stereocenters. The SMILES string of the molecule is CCN(CC)c1ccc(CNC(=O)NCC(=O)Nc2ccc(Br)cc2C)cn1. The van der Waals surface area contributed by atoms with E-state index in [1.54, 1.807) is 6.20 Å². The Morgan fingerprint density at radius 3 is 2.46 bits per heavy atom. The number of rotatable bonds is 8. The second kappa shape index (κ2) is 10.7. The topological polar surface area (TPSA) is 86.4 Å². The zero-order valence-electron chi connectivity index (χ0n) is 16.4. The molecule has 0 radical (unpaired) electrons. The third-order valence-corrected chi connectivity index (χ3v) is 4.71. The average Bonchev–Trinajstić information content (AvgIpc) is 2.69. The molecule has 1 aromatic carbocycles. The fourth-order valence-corrected chi connectivity index (χ4v) is 3.10. The predicted octanol–water partition coefficient (Wildman–Crippen LogP) is 3.44. The van der Waals surface area contributed by atoms with Crippen molar-refractivity contribution in [2.75, 3.05) is 29.9 Å². The maximum absolute atomic E-state index is 12.0. The summed E-state index contributed by atoms with van der Waals surface area (Å²) in [5.41, 5.74) is 2.55. The molecule has 0 aliphatic rings. The molecule has 3 N–H and O–H groups in total. The van der Waals surface area contributed by atoms with Gasteiger partial charge in [0.05, 0.1) is 6.54 Å². The number of hydrogen-bond donors (Lipinski definition) is 3. The van der Waals surface area contributed by atoms with Crippen molar-refractivity contribution >= 4 is 39.4 Å². The van der Waals surface area contributed by atoms with E-state index in [0.29, 0.717) is 6.54 Å². The van der Waals surface area contributed by atoms with E-state index < -0.39 is 6.03 Å². The molecular weight excluding hydrogens is 422 g/mol. The lowest BCUT2D eigenvalue weighted by Gasteiger charge is -2.19.